The maximum atomic E-state index is 13.4. The number of benzene rings is 1. The molecule has 3 heterocycles. The number of hydrogen-bond acceptors (Lipinski definition) is 6. The zero-order chi connectivity index (χ0) is 22.1. The number of nitrogens with zero attached hydrogens (tertiary/aromatic N) is 4. The number of fused-ring (bicyclic) bond motifs is 3. The molecule has 8 heteroatoms. The summed E-state index contributed by atoms with van der Waals surface area (Å²) in [5.41, 5.74) is 2.98. The lowest BCUT2D eigenvalue weighted by Gasteiger charge is -2.50. The van der Waals surface area contributed by atoms with Crippen LogP contribution in [0.25, 0.3) is 0 Å². The summed E-state index contributed by atoms with van der Waals surface area (Å²) in [6.45, 7) is 3.12. The Bertz CT molecular complexity index is 992. The van der Waals surface area contributed by atoms with Crippen molar-refractivity contribution in [2.75, 3.05) is 24.5 Å². The Kier molecular flexibility index (Phi) is 5.78. The molecule has 8 nitrogen and oxygen atoms in total. The summed E-state index contributed by atoms with van der Waals surface area (Å²) >= 11 is 0. The number of piperazine rings is 1. The van der Waals surface area contributed by atoms with E-state index in [4.69, 9.17) is 0 Å². The number of rotatable bonds is 5. The van der Waals surface area contributed by atoms with Crippen LogP contribution in [0.4, 0.5) is 11.4 Å². The Balaban J connectivity index is 1.40. The minimum Gasteiger partial charge on any atom is -0.365 e. The number of nitro benzene ring substituents is 1. The van der Waals surface area contributed by atoms with Gasteiger partial charge in [-0.25, -0.2) is 0 Å². The molecule has 168 valence electrons. The van der Waals surface area contributed by atoms with Gasteiger partial charge in [0.1, 0.15) is 0 Å². The van der Waals surface area contributed by atoms with Gasteiger partial charge in [0.25, 0.3) is 5.69 Å². The van der Waals surface area contributed by atoms with Gasteiger partial charge in [0.2, 0.25) is 5.91 Å². The molecule has 1 amide bonds. The summed E-state index contributed by atoms with van der Waals surface area (Å²) in [5, 5.41) is 14.4. The molecule has 0 radical (unpaired) electrons. The van der Waals surface area contributed by atoms with Crippen LogP contribution >= 0.6 is 0 Å². The predicted octanol–water partition coefficient (Wildman–Crippen LogP) is 2.91. The van der Waals surface area contributed by atoms with Gasteiger partial charge in [0, 0.05) is 62.4 Å². The fourth-order valence-corrected chi connectivity index (χ4v) is 5.67. The van der Waals surface area contributed by atoms with E-state index in [1.54, 1.807) is 24.5 Å². The molecule has 0 bridgehead atoms. The van der Waals surface area contributed by atoms with E-state index in [-0.39, 0.29) is 28.5 Å². The first-order chi connectivity index (χ1) is 15.6. The lowest BCUT2D eigenvalue weighted by Crippen LogP contribution is -2.62. The minimum atomic E-state index is -0.359. The third kappa shape index (κ3) is 4.07. The molecule has 5 rings (SSSR count). The second-order valence-corrected chi connectivity index (χ2v) is 9.15. The Morgan fingerprint density at radius 3 is 2.81 bits per heavy atom. The zero-order valence-electron chi connectivity index (χ0n) is 18.2. The Labute approximate surface area is 187 Å². The molecule has 2 atom stereocenters. The van der Waals surface area contributed by atoms with E-state index in [0.29, 0.717) is 19.0 Å². The number of anilines is 1. The molecule has 32 heavy (non-hydrogen) atoms. The van der Waals surface area contributed by atoms with Crippen LogP contribution in [-0.4, -0.2) is 52.4 Å². The topological polar surface area (TPSA) is 91.6 Å². The van der Waals surface area contributed by atoms with Crippen LogP contribution in [0.3, 0.4) is 0 Å². The van der Waals surface area contributed by atoms with Crippen molar-refractivity contribution in [3.63, 3.8) is 0 Å². The summed E-state index contributed by atoms with van der Waals surface area (Å²) in [6.07, 6.45) is 9.06. The SMILES string of the molecule is O=C(NCc1cccnc1)[C@@H]1Cc2cc([N+](=O)[O-])ccc2N2CCN(C3CCCC3)C[C@H]12. The molecule has 1 aliphatic carbocycles. The smallest absolute Gasteiger partial charge is 0.269 e. The Morgan fingerprint density at radius 2 is 2.06 bits per heavy atom. The van der Waals surface area contributed by atoms with Gasteiger partial charge in [-0.15, -0.1) is 0 Å². The van der Waals surface area contributed by atoms with Crippen molar-refractivity contribution >= 4 is 17.3 Å². The average Bonchev–Trinajstić information content (AvgIpc) is 3.37. The van der Waals surface area contributed by atoms with Crippen molar-refractivity contribution in [2.24, 2.45) is 5.92 Å². The summed E-state index contributed by atoms with van der Waals surface area (Å²) in [7, 11) is 0. The van der Waals surface area contributed by atoms with Crippen LogP contribution in [-0.2, 0) is 17.8 Å². The van der Waals surface area contributed by atoms with E-state index >= 15 is 0 Å². The van der Waals surface area contributed by atoms with Crippen LogP contribution in [0.2, 0.25) is 0 Å². The van der Waals surface area contributed by atoms with Crippen molar-refractivity contribution in [1.82, 2.24) is 15.2 Å². The molecule has 1 aromatic heterocycles. The maximum Gasteiger partial charge on any atom is 0.269 e. The molecule has 1 N–H and O–H groups in total. The van der Waals surface area contributed by atoms with Crippen LogP contribution in [0.5, 0.6) is 0 Å². The van der Waals surface area contributed by atoms with E-state index in [1.807, 2.05) is 18.2 Å². The molecule has 0 unspecified atom stereocenters. The first kappa shape index (κ1) is 20.9. The highest BCUT2D eigenvalue weighted by Crippen LogP contribution is 2.39. The molecule has 0 spiro atoms. The number of nitro groups is 1. The van der Waals surface area contributed by atoms with E-state index < -0.39 is 0 Å². The van der Waals surface area contributed by atoms with Gasteiger partial charge in [0.05, 0.1) is 16.9 Å². The van der Waals surface area contributed by atoms with Gasteiger partial charge in [-0.1, -0.05) is 18.9 Å². The standard InChI is InChI=1S/C24H29N5O3/c30-24(26-15-17-4-3-9-25-14-17)21-13-18-12-20(29(31)32)7-8-22(18)28-11-10-27(16-23(21)28)19-5-1-2-6-19/h3-4,7-9,12,14,19,21,23H,1-2,5-6,10-11,13,15-16H2,(H,26,30)/t21-,23-/m1/s1. The largest absolute Gasteiger partial charge is 0.365 e. The summed E-state index contributed by atoms with van der Waals surface area (Å²) in [4.78, 5) is 33.4. The third-order valence-electron chi connectivity index (χ3n) is 7.31. The van der Waals surface area contributed by atoms with Crippen LogP contribution < -0.4 is 10.2 Å². The van der Waals surface area contributed by atoms with Gasteiger partial charge in [0.15, 0.2) is 0 Å². The highest BCUT2D eigenvalue weighted by Gasteiger charge is 2.43. The molecule has 3 aliphatic rings. The molecule has 2 aromatic rings. The van der Waals surface area contributed by atoms with Crippen LogP contribution in [0, 0.1) is 16.0 Å². The quantitative estimate of drug-likeness (QED) is 0.574. The number of non-ortho nitro benzene ring substituents is 1. The first-order valence-electron chi connectivity index (χ1n) is 11.5. The Morgan fingerprint density at radius 1 is 1.22 bits per heavy atom. The van der Waals surface area contributed by atoms with Crippen molar-refractivity contribution in [1.29, 1.82) is 0 Å². The number of aromatic nitrogens is 1. The van der Waals surface area contributed by atoms with Gasteiger partial charge >= 0.3 is 0 Å². The monoisotopic (exact) mass is 435 g/mol. The molecule has 2 aliphatic heterocycles. The molecular formula is C24H29N5O3. The summed E-state index contributed by atoms with van der Waals surface area (Å²) < 4.78 is 0. The van der Waals surface area contributed by atoms with Crippen LogP contribution in [0.15, 0.2) is 42.7 Å². The predicted molar refractivity (Wildman–Crippen MR) is 121 cm³/mol. The number of carbonyl (C=O) groups excluding carboxylic acids is 1. The normalized spacial score (nSPS) is 23.4. The molecule has 1 saturated heterocycles. The molecular weight excluding hydrogens is 406 g/mol. The van der Waals surface area contributed by atoms with Crippen molar-refractivity contribution in [3.8, 4) is 0 Å². The van der Waals surface area contributed by atoms with E-state index in [0.717, 1.165) is 36.4 Å². The highest BCUT2D eigenvalue weighted by molar-refractivity contribution is 5.82. The highest BCUT2D eigenvalue weighted by atomic mass is 16.6. The average molecular weight is 436 g/mol. The summed E-state index contributed by atoms with van der Waals surface area (Å²) in [6, 6.07) is 9.61. The Hall–Kier alpha value is -3.00. The fraction of sp³-hybridized carbons (Fsp3) is 0.500. The van der Waals surface area contributed by atoms with Gasteiger partial charge < -0.3 is 10.2 Å². The second-order valence-electron chi connectivity index (χ2n) is 9.15. The van der Waals surface area contributed by atoms with Gasteiger partial charge in [-0.05, 0) is 42.5 Å². The van der Waals surface area contributed by atoms with Gasteiger partial charge in [-0.3, -0.25) is 24.8 Å². The number of carbonyl (C=O) groups is 1. The number of pyridine rings is 1. The van der Waals surface area contributed by atoms with E-state index in [9.17, 15) is 14.9 Å². The van der Waals surface area contributed by atoms with Crippen LogP contribution in [0.1, 0.15) is 36.8 Å². The fourth-order valence-electron chi connectivity index (χ4n) is 5.67. The van der Waals surface area contributed by atoms with Crippen molar-refractivity contribution < 1.29 is 9.72 Å². The minimum absolute atomic E-state index is 0.00859. The maximum absolute atomic E-state index is 13.4. The first-order valence-corrected chi connectivity index (χ1v) is 11.5. The summed E-state index contributed by atoms with van der Waals surface area (Å²) in [5.74, 6) is -0.236. The zero-order valence-corrected chi connectivity index (χ0v) is 18.2. The number of nitrogens with one attached hydrogen (secondary N) is 1. The van der Waals surface area contributed by atoms with Crippen molar-refractivity contribution in [2.45, 2.75) is 50.7 Å². The van der Waals surface area contributed by atoms with Crippen molar-refractivity contribution in [3.05, 3.63) is 64.0 Å². The van der Waals surface area contributed by atoms with E-state index in [1.165, 1.54) is 25.7 Å². The number of amides is 1. The third-order valence-corrected chi connectivity index (χ3v) is 7.31. The lowest BCUT2D eigenvalue weighted by atomic mass is 9.82. The molecule has 1 saturated carbocycles. The molecule has 1 aromatic carbocycles. The second kappa shape index (κ2) is 8.86. The number of hydrogen-bond donors (Lipinski definition) is 1. The molecule has 2 fully saturated rings. The van der Waals surface area contributed by atoms with Gasteiger partial charge in [-0.2, -0.15) is 0 Å². The lowest BCUT2D eigenvalue weighted by molar-refractivity contribution is -0.384. The van der Waals surface area contributed by atoms with E-state index in [2.05, 4.69) is 20.1 Å².